The summed E-state index contributed by atoms with van der Waals surface area (Å²) in [4.78, 5) is 8.12. The van der Waals surface area contributed by atoms with Crippen LogP contribution in [0.15, 0.2) is 42.6 Å². The van der Waals surface area contributed by atoms with Gasteiger partial charge in [-0.15, -0.1) is 0 Å². The number of nitrogens with two attached hydrogens (primary N) is 1. The Kier molecular flexibility index (Phi) is 5.90. The summed E-state index contributed by atoms with van der Waals surface area (Å²) < 4.78 is 5.17. The molecule has 0 aliphatic heterocycles. The zero-order valence-electron chi connectivity index (χ0n) is 13.5. The van der Waals surface area contributed by atoms with Crippen molar-refractivity contribution >= 4 is 28.1 Å². The average Bonchev–Trinajstić information content (AvgIpc) is 2.59. The van der Waals surface area contributed by atoms with Gasteiger partial charge in [-0.1, -0.05) is 38.1 Å². The Bertz CT molecular complexity index is 805. The van der Waals surface area contributed by atoms with E-state index < -0.39 is 0 Å². The molecule has 3 rings (SSSR count). The smallest absolute Gasteiger partial charge is 0.222 e. The molecule has 1 heterocycles. The number of hydrogen-bond acceptors (Lipinski definition) is 4. The van der Waals surface area contributed by atoms with E-state index in [0.717, 1.165) is 33.3 Å². The van der Waals surface area contributed by atoms with E-state index in [1.165, 1.54) is 0 Å². The van der Waals surface area contributed by atoms with E-state index in [2.05, 4.69) is 9.97 Å². The quantitative estimate of drug-likeness (QED) is 0.558. The lowest BCUT2D eigenvalue weighted by Crippen LogP contribution is -1.97. The normalized spacial score (nSPS) is 10.3. The zero-order chi connectivity index (χ0) is 16.8. The molecule has 0 bridgehead atoms. The molecule has 0 saturated carbocycles. The molecule has 0 saturated heterocycles. The summed E-state index contributed by atoms with van der Waals surface area (Å²) in [5, 5.41) is 2.29. The number of benzene rings is 2. The summed E-state index contributed by atoms with van der Waals surface area (Å²) in [7, 11) is 1.66. The van der Waals surface area contributed by atoms with Gasteiger partial charge in [-0.2, -0.15) is 0 Å². The van der Waals surface area contributed by atoms with Crippen molar-refractivity contribution in [3.8, 4) is 11.3 Å². The molecule has 5 heteroatoms. The Hall–Kier alpha value is -2.17. The van der Waals surface area contributed by atoms with E-state index in [9.17, 15) is 0 Å². The summed E-state index contributed by atoms with van der Waals surface area (Å²) in [6, 6.07) is 11.9. The molecule has 120 valence electrons. The summed E-state index contributed by atoms with van der Waals surface area (Å²) in [5.41, 5.74) is 9.67. The number of ether oxygens (including phenoxy) is 1. The van der Waals surface area contributed by atoms with Crippen LogP contribution in [0.25, 0.3) is 22.0 Å². The first-order valence-corrected chi connectivity index (χ1v) is 7.86. The molecule has 2 aromatic carbocycles. The first-order valence-electron chi connectivity index (χ1n) is 7.48. The number of nitrogen functional groups attached to an aromatic ring is 1. The standard InChI is InChI=1S/C16H14ClN3O.C2H6/c1-21-9-12-5-3-10-2-4-11(8-13(10)15(12)18)14-6-7-19-16(17)20-14;1-2/h2-8H,9,18H2,1H3;1-2H3. The summed E-state index contributed by atoms with van der Waals surface area (Å²) in [6.45, 7) is 4.49. The van der Waals surface area contributed by atoms with Crippen LogP contribution in [0.5, 0.6) is 0 Å². The first-order chi connectivity index (χ1) is 11.2. The Morgan fingerprint density at radius 2 is 1.87 bits per heavy atom. The average molecular weight is 330 g/mol. The molecule has 0 radical (unpaired) electrons. The number of aromatic nitrogens is 2. The largest absolute Gasteiger partial charge is 0.398 e. The van der Waals surface area contributed by atoms with Crippen molar-refractivity contribution in [1.29, 1.82) is 0 Å². The van der Waals surface area contributed by atoms with Gasteiger partial charge in [0.25, 0.3) is 0 Å². The molecule has 0 unspecified atom stereocenters. The lowest BCUT2D eigenvalue weighted by molar-refractivity contribution is 0.185. The highest BCUT2D eigenvalue weighted by molar-refractivity contribution is 6.28. The number of methoxy groups -OCH3 is 1. The highest BCUT2D eigenvalue weighted by atomic mass is 35.5. The van der Waals surface area contributed by atoms with Crippen molar-refractivity contribution in [1.82, 2.24) is 9.97 Å². The molecule has 2 N–H and O–H groups in total. The molecular formula is C18H20ClN3O. The van der Waals surface area contributed by atoms with Gasteiger partial charge in [0.15, 0.2) is 0 Å². The number of fused-ring (bicyclic) bond motifs is 1. The van der Waals surface area contributed by atoms with Crippen LogP contribution in [-0.4, -0.2) is 17.1 Å². The second-order valence-electron chi connectivity index (χ2n) is 4.72. The van der Waals surface area contributed by atoms with Crippen molar-refractivity contribution in [2.45, 2.75) is 20.5 Å². The van der Waals surface area contributed by atoms with Gasteiger partial charge in [-0.05, 0) is 29.1 Å². The van der Waals surface area contributed by atoms with Crippen LogP contribution < -0.4 is 5.73 Å². The topological polar surface area (TPSA) is 61.0 Å². The molecule has 1 aromatic heterocycles. The minimum Gasteiger partial charge on any atom is -0.398 e. The SMILES string of the molecule is CC.COCc1ccc2ccc(-c3ccnc(Cl)n3)cc2c1N. The Labute approximate surface area is 141 Å². The number of halogens is 1. The van der Waals surface area contributed by atoms with E-state index in [4.69, 9.17) is 22.1 Å². The number of anilines is 1. The van der Waals surface area contributed by atoms with E-state index >= 15 is 0 Å². The maximum Gasteiger partial charge on any atom is 0.222 e. The van der Waals surface area contributed by atoms with Crippen molar-refractivity contribution < 1.29 is 4.74 Å². The van der Waals surface area contributed by atoms with Gasteiger partial charge in [0.2, 0.25) is 5.28 Å². The third-order valence-electron chi connectivity index (χ3n) is 3.38. The van der Waals surface area contributed by atoms with Crippen LogP contribution >= 0.6 is 11.6 Å². The van der Waals surface area contributed by atoms with Crippen LogP contribution in [-0.2, 0) is 11.3 Å². The minimum absolute atomic E-state index is 0.230. The molecule has 0 aliphatic carbocycles. The van der Waals surface area contributed by atoms with Crippen LogP contribution in [0.2, 0.25) is 5.28 Å². The lowest BCUT2D eigenvalue weighted by atomic mass is 10.0. The fraction of sp³-hybridized carbons (Fsp3) is 0.222. The van der Waals surface area contributed by atoms with E-state index in [1.807, 2.05) is 50.2 Å². The maximum atomic E-state index is 6.24. The van der Waals surface area contributed by atoms with Gasteiger partial charge in [-0.3, -0.25) is 0 Å². The predicted molar refractivity (Wildman–Crippen MR) is 96.5 cm³/mol. The van der Waals surface area contributed by atoms with Gasteiger partial charge in [-0.25, -0.2) is 9.97 Å². The fourth-order valence-electron chi connectivity index (χ4n) is 2.32. The van der Waals surface area contributed by atoms with E-state index in [0.29, 0.717) is 6.61 Å². The van der Waals surface area contributed by atoms with Crippen LogP contribution in [0.3, 0.4) is 0 Å². The molecule has 0 aliphatic rings. The van der Waals surface area contributed by atoms with Gasteiger partial charge in [0.1, 0.15) is 0 Å². The van der Waals surface area contributed by atoms with Crippen LogP contribution in [0, 0.1) is 0 Å². The predicted octanol–water partition coefficient (Wildman–Crippen LogP) is 4.71. The molecule has 4 nitrogen and oxygen atoms in total. The summed E-state index contributed by atoms with van der Waals surface area (Å²) >= 11 is 5.85. The Morgan fingerprint density at radius 3 is 2.57 bits per heavy atom. The summed E-state index contributed by atoms with van der Waals surface area (Å²) in [5.74, 6) is 0. The van der Waals surface area contributed by atoms with E-state index in [-0.39, 0.29) is 5.28 Å². The third kappa shape index (κ3) is 3.78. The van der Waals surface area contributed by atoms with E-state index in [1.54, 1.807) is 13.3 Å². The lowest BCUT2D eigenvalue weighted by Gasteiger charge is -2.10. The molecule has 0 spiro atoms. The van der Waals surface area contributed by atoms with Crippen molar-refractivity contribution in [3.05, 3.63) is 53.4 Å². The maximum absolute atomic E-state index is 6.24. The highest BCUT2D eigenvalue weighted by Gasteiger charge is 2.07. The van der Waals surface area contributed by atoms with Crippen molar-refractivity contribution in [2.24, 2.45) is 0 Å². The van der Waals surface area contributed by atoms with Crippen molar-refractivity contribution in [2.75, 3.05) is 12.8 Å². The number of nitrogens with zero attached hydrogens (tertiary/aromatic N) is 2. The number of hydrogen-bond donors (Lipinski definition) is 1. The molecule has 3 aromatic rings. The van der Waals surface area contributed by atoms with Gasteiger partial charge in [0.05, 0.1) is 12.3 Å². The Balaban J connectivity index is 0.000000924. The highest BCUT2D eigenvalue weighted by Crippen LogP contribution is 2.29. The third-order valence-corrected chi connectivity index (χ3v) is 3.56. The second kappa shape index (κ2) is 7.90. The van der Waals surface area contributed by atoms with Gasteiger partial charge >= 0.3 is 0 Å². The molecule has 0 atom stereocenters. The fourth-order valence-corrected chi connectivity index (χ4v) is 2.47. The first kappa shape index (κ1) is 17.2. The van der Waals surface area contributed by atoms with Gasteiger partial charge < -0.3 is 10.5 Å². The molecule has 23 heavy (non-hydrogen) atoms. The molecular weight excluding hydrogens is 310 g/mol. The molecule has 0 amide bonds. The zero-order valence-corrected chi connectivity index (χ0v) is 14.3. The van der Waals surface area contributed by atoms with Crippen LogP contribution in [0.4, 0.5) is 5.69 Å². The number of rotatable bonds is 3. The minimum atomic E-state index is 0.230. The molecule has 0 fully saturated rings. The summed E-state index contributed by atoms with van der Waals surface area (Å²) in [6.07, 6.45) is 1.64. The second-order valence-corrected chi connectivity index (χ2v) is 5.06. The van der Waals surface area contributed by atoms with Gasteiger partial charge in [0, 0.05) is 35.5 Å². The monoisotopic (exact) mass is 329 g/mol. The van der Waals surface area contributed by atoms with Crippen molar-refractivity contribution in [3.63, 3.8) is 0 Å². The Morgan fingerprint density at radius 1 is 1.13 bits per heavy atom. The van der Waals surface area contributed by atoms with Crippen LogP contribution in [0.1, 0.15) is 19.4 Å².